The van der Waals surface area contributed by atoms with Crippen LogP contribution in [-0.2, 0) is 33.1 Å². The zero-order chi connectivity index (χ0) is 44.5. The lowest BCUT2D eigenvalue weighted by molar-refractivity contribution is 0.481. The first-order valence-corrected chi connectivity index (χ1v) is 22.3. The molecule has 0 unspecified atom stereocenters. The number of hydrogen-bond acceptors (Lipinski definition) is 16. The Kier molecular flexibility index (Phi) is 12.6. The Morgan fingerprint density at radius 2 is 0.594 bits per heavy atom. The highest BCUT2D eigenvalue weighted by atomic mass is 32.2. The Morgan fingerprint density at radius 3 is 0.891 bits per heavy atom. The fourth-order valence-corrected chi connectivity index (χ4v) is 7.22. The first-order chi connectivity index (χ1) is 30.9. The van der Waals surface area contributed by atoms with Gasteiger partial charge in [0.25, 0.3) is 20.2 Å². The molecule has 0 saturated heterocycles. The average Bonchev–Trinajstić information content (AvgIpc) is 3.27. The molecule has 6 aromatic carbocycles. The molecule has 8 aromatic rings. The molecule has 0 saturated carbocycles. The number of nitrogens with zero attached hydrogens (tertiary/aromatic N) is 6. The van der Waals surface area contributed by atoms with Gasteiger partial charge in [-0.05, 0) is 109 Å². The van der Waals surface area contributed by atoms with Crippen LogP contribution in [0.3, 0.4) is 0 Å². The van der Waals surface area contributed by atoms with Gasteiger partial charge >= 0.3 is 0 Å². The third-order valence-corrected chi connectivity index (χ3v) is 10.9. The fraction of sp³-hybridized carbons (Fsp3) is 0.0455. The molecule has 0 radical (unpaired) electrons. The number of anilines is 12. The van der Waals surface area contributed by atoms with Gasteiger partial charge in [-0.3, -0.25) is 9.11 Å². The SMILES string of the molecule is O=S(=O)(O)c1cccc(Nc2nc(Nc3ccccc3)nc(Nc3ccc(CCc4ccc(Nc5nc(Nc6ccccc6)nc(Nc6cccc(S(=O)(=O)O)c6)n5)cc4)cc3)n2)c1. The summed E-state index contributed by atoms with van der Waals surface area (Å²) in [5, 5.41) is 18.7. The minimum atomic E-state index is -4.42. The van der Waals surface area contributed by atoms with Crippen LogP contribution >= 0.6 is 0 Å². The first kappa shape index (κ1) is 42.6. The highest BCUT2D eigenvalue weighted by Gasteiger charge is 2.15. The molecule has 8 rings (SSSR count). The van der Waals surface area contributed by atoms with Gasteiger partial charge in [0.15, 0.2) is 0 Å². The number of aromatic nitrogens is 6. The maximum atomic E-state index is 11.7. The second-order valence-corrected chi connectivity index (χ2v) is 16.8. The normalized spacial score (nSPS) is 11.3. The summed E-state index contributed by atoms with van der Waals surface area (Å²) in [6.45, 7) is 0. The van der Waals surface area contributed by atoms with Gasteiger partial charge in [-0.1, -0.05) is 72.8 Å². The Balaban J connectivity index is 0.922. The molecular formula is C44H38N12O6S2. The minimum absolute atomic E-state index is 0.128. The molecule has 18 nitrogen and oxygen atoms in total. The lowest BCUT2D eigenvalue weighted by Crippen LogP contribution is -2.08. The Bertz CT molecular complexity index is 2900. The molecule has 0 spiro atoms. The summed E-state index contributed by atoms with van der Waals surface area (Å²) < 4.78 is 65.9. The zero-order valence-corrected chi connectivity index (χ0v) is 35.1. The van der Waals surface area contributed by atoms with E-state index in [0.717, 1.165) is 46.7 Å². The molecule has 322 valence electrons. The smallest absolute Gasteiger partial charge is 0.294 e. The first-order valence-electron chi connectivity index (χ1n) is 19.4. The van der Waals surface area contributed by atoms with E-state index in [1.807, 2.05) is 109 Å². The lowest BCUT2D eigenvalue weighted by Gasteiger charge is -2.12. The maximum Gasteiger partial charge on any atom is 0.294 e. The van der Waals surface area contributed by atoms with Crippen molar-refractivity contribution in [2.24, 2.45) is 0 Å². The van der Waals surface area contributed by atoms with E-state index < -0.39 is 20.2 Å². The van der Waals surface area contributed by atoms with Crippen LogP contribution in [0.4, 0.5) is 69.8 Å². The summed E-state index contributed by atoms with van der Waals surface area (Å²) >= 11 is 0. The second kappa shape index (κ2) is 18.9. The summed E-state index contributed by atoms with van der Waals surface area (Å²) in [5.74, 6) is 1.17. The van der Waals surface area contributed by atoms with Gasteiger partial charge in [0.1, 0.15) is 0 Å². The van der Waals surface area contributed by atoms with Gasteiger partial charge < -0.3 is 31.9 Å². The molecule has 20 heteroatoms. The summed E-state index contributed by atoms with van der Waals surface area (Å²) in [6, 6.07) is 45.7. The number of para-hydroxylation sites is 2. The molecule has 2 heterocycles. The van der Waals surface area contributed by atoms with Crippen LogP contribution in [0.25, 0.3) is 0 Å². The Hall–Kier alpha value is -8.04. The van der Waals surface area contributed by atoms with Crippen molar-refractivity contribution in [3.8, 4) is 0 Å². The van der Waals surface area contributed by atoms with E-state index in [0.29, 0.717) is 11.4 Å². The summed E-state index contributed by atoms with van der Waals surface area (Å²) in [6.07, 6.45) is 1.52. The molecule has 0 bridgehead atoms. The Labute approximate surface area is 367 Å². The van der Waals surface area contributed by atoms with E-state index in [2.05, 4.69) is 61.8 Å². The molecule has 0 aliphatic carbocycles. The van der Waals surface area contributed by atoms with Crippen LogP contribution in [0, 0.1) is 0 Å². The third-order valence-electron chi connectivity index (χ3n) is 9.23. The third kappa shape index (κ3) is 11.9. The molecular weight excluding hydrogens is 857 g/mol. The van der Waals surface area contributed by atoms with E-state index in [1.54, 1.807) is 12.1 Å². The summed E-state index contributed by atoms with van der Waals surface area (Å²) in [4.78, 5) is 26.4. The van der Waals surface area contributed by atoms with E-state index >= 15 is 0 Å². The predicted octanol–water partition coefficient (Wildman–Crippen LogP) is 8.80. The van der Waals surface area contributed by atoms with E-state index in [9.17, 15) is 25.9 Å². The Morgan fingerprint density at radius 1 is 0.328 bits per heavy atom. The van der Waals surface area contributed by atoms with Crippen LogP contribution in [0.2, 0.25) is 0 Å². The van der Waals surface area contributed by atoms with Crippen LogP contribution in [0.1, 0.15) is 11.1 Å². The van der Waals surface area contributed by atoms with Crippen molar-refractivity contribution in [1.82, 2.24) is 29.9 Å². The van der Waals surface area contributed by atoms with Crippen molar-refractivity contribution in [2.45, 2.75) is 22.6 Å². The molecule has 64 heavy (non-hydrogen) atoms. The van der Waals surface area contributed by atoms with Gasteiger partial charge in [0, 0.05) is 34.1 Å². The van der Waals surface area contributed by atoms with E-state index in [4.69, 9.17) is 0 Å². The number of nitrogens with one attached hydrogen (secondary N) is 6. The second-order valence-electron chi connectivity index (χ2n) is 14.0. The lowest BCUT2D eigenvalue weighted by atomic mass is 10.0. The van der Waals surface area contributed by atoms with Crippen molar-refractivity contribution in [1.29, 1.82) is 0 Å². The number of benzene rings is 6. The van der Waals surface area contributed by atoms with Crippen LogP contribution < -0.4 is 31.9 Å². The molecule has 0 atom stereocenters. The van der Waals surface area contributed by atoms with Gasteiger partial charge in [-0.15, -0.1) is 0 Å². The van der Waals surface area contributed by atoms with Gasteiger partial charge in [0.2, 0.25) is 35.7 Å². The van der Waals surface area contributed by atoms with Crippen molar-refractivity contribution < 1.29 is 25.9 Å². The van der Waals surface area contributed by atoms with Gasteiger partial charge in [-0.2, -0.15) is 46.7 Å². The van der Waals surface area contributed by atoms with Crippen molar-refractivity contribution in [2.75, 3.05) is 31.9 Å². The van der Waals surface area contributed by atoms with Crippen molar-refractivity contribution in [3.63, 3.8) is 0 Å². The van der Waals surface area contributed by atoms with Gasteiger partial charge in [0.05, 0.1) is 9.79 Å². The van der Waals surface area contributed by atoms with Gasteiger partial charge in [-0.25, -0.2) is 0 Å². The molecule has 8 N–H and O–H groups in total. The number of aryl methyl sites for hydroxylation is 2. The van der Waals surface area contributed by atoms with E-state index in [-0.39, 0.29) is 45.5 Å². The largest absolute Gasteiger partial charge is 0.324 e. The topological polar surface area (TPSA) is 258 Å². The van der Waals surface area contributed by atoms with E-state index in [1.165, 1.54) is 36.4 Å². The zero-order valence-electron chi connectivity index (χ0n) is 33.5. The maximum absolute atomic E-state index is 11.7. The number of hydrogen-bond donors (Lipinski definition) is 8. The monoisotopic (exact) mass is 894 g/mol. The number of rotatable bonds is 17. The molecule has 0 amide bonds. The van der Waals surface area contributed by atoms with Crippen LogP contribution in [0.5, 0.6) is 0 Å². The summed E-state index contributed by atoms with van der Waals surface area (Å²) in [5.41, 5.74) is 5.82. The van der Waals surface area contributed by atoms with Crippen molar-refractivity contribution in [3.05, 3.63) is 169 Å². The average molecular weight is 895 g/mol. The van der Waals surface area contributed by atoms with Crippen molar-refractivity contribution >= 4 is 90.1 Å². The predicted molar refractivity (Wildman–Crippen MR) is 245 cm³/mol. The quantitative estimate of drug-likeness (QED) is 0.0397. The standard InChI is InChI=1S/C44H38N12O6S2/c57-63(58,59)37-15-7-13-35(27-37)49-43-53-39(45-31-9-3-1-4-10-31)51-41(55-43)47-33-23-19-29(20-24-33)17-18-30-21-25-34(26-22-30)48-42-52-40(46-32-11-5-2-6-12-32)54-44(56-42)50-36-14-8-16-38(28-36)64(60,61)62/h1-16,19-28H,17-18H2,(H,57,58,59)(H,60,61,62)(H3,45,47,49,51,53,55)(H3,46,48,50,52,54,56). The van der Waals surface area contributed by atoms with Crippen LogP contribution in [-0.4, -0.2) is 55.8 Å². The molecule has 0 aliphatic rings. The highest BCUT2D eigenvalue weighted by molar-refractivity contribution is 7.86. The molecule has 2 aromatic heterocycles. The summed E-state index contributed by atoms with van der Waals surface area (Å²) in [7, 11) is -8.84. The highest BCUT2D eigenvalue weighted by Crippen LogP contribution is 2.25. The molecule has 0 aliphatic heterocycles. The minimum Gasteiger partial charge on any atom is -0.324 e. The van der Waals surface area contributed by atoms with Crippen LogP contribution in [0.15, 0.2) is 168 Å². The fourth-order valence-electron chi connectivity index (χ4n) is 6.17. The molecule has 0 fully saturated rings.